The van der Waals surface area contributed by atoms with Crippen LogP contribution in [-0.4, -0.2) is 20.4 Å². The summed E-state index contributed by atoms with van der Waals surface area (Å²) in [5, 5.41) is 3.30. The van der Waals surface area contributed by atoms with Gasteiger partial charge in [0.2, 0.25) is 0 Å². The highest BCUT2D eigenvalue weighted by Gasteiger charge is 2.15. The number of hydrogen-bond donors (Lipinski definition) is 2. The monoisotopic (exact) mass is 366 g/mol. The largest absolute Gasteiger partial charge is 0.350 e. The van der Waals surface area contributed by atoms with E-state index in [9.17, 15) is 13.2 Å². The summed E-state index contributed by atoms with van der Waals surface area (Å²) in [5.41, 5.74) is 0.716. The number of rotatable bonds is 6. The standard InChI is InChI=1S/C17H19ClN2O3S/c1-3-12(2)19-17(21)13-5-4-6-15(11-13)20-24(22,23)16-9-7-14(18)8-10-16/h4-12,20H,3H2,1-2H3,(H,19,21)/t12-/m0/s1. The average molecular weight is 367 g/mol. The van der Waals surface area contributed by atoms with Gasteiger partial charge in [-0.15, -0.1) is 0 Å². The molecule has 24 heavy (non-hydrogen) atoms. The fourth-order valence-corrected chi connectivity index (χ4v) is 3.14. The van der Waals surface area contributed by atoms with Crippen molar-refractivity contribution in [3.8, 4) is 0 Å². The Morgan fingerprint density at radius 3 is 2.46 bits per heavy atom. The van der Waals surface area contributed by atoms with E-state index in [1.54, 1.807) is 18.2 Å². The van der Waals surface area contributed by atoms with E-state index in [1.165, 1.54) is 30.3 Å². The van der Waals surface area contributed by atoms with Gasteiger partial charge in [-0.3, -0.25) is 9.52 Å². The summed E-state index contributed by atoms with van der Waals surface area (Å²) in [7, 11) is -3.74. The summed E-state index contributed by atoms with van der Waals surface area (Å²) in [5.74, 6) is -0.239. The number of hydrogen-bond acceptors (Lipinski definition) is 3. The van der Waals surface area contributed by atoms with Gasteiger partial charge in [0, 0.05) is 22.3 Å². The SMILES string of the molecule is CC[C@H](C)NC(=O)c1cccc(NS(=O)(=O)c2ccc(Cl)cc2)c1. The minimum absolute atomic E-state index is 0.0481. The molecule has 0 unspecified atom stereocenters. The molecule has 0 aliphatic rings. The predicted molar refractivity (Wildman–Crippen MR) is 95.9 cm³/mol. The number of halogens is 1. The fourth-order valence-electron chi connectivity index (χ4n) is 1.96. The second kappa shape index (κ2) is 7.68. The summed E-state index contributed by atoms with van der Waals surface area (Å²) in [6, 6.07) is 12.3. The summed E-state index contributed by atoms with van der Waals surface area (Å²) in [6.07, 6.45) is 0.814. The number of carbonyl (C=O) groups is 1. The highest BCUT2D eigenvalue weighted by atomic mass is 35.5. The van der Waals surface area contributed by atoms with Crippen LogP contribution in [0.2, 0.25) is 5.02 Å². The Kier molecular flexibility index (Phi) is 5.85. The first kappa shape index (κ1) is 18.3. The van der Waals surface area contributed by atoms with Crippen molar-refractivity contribution in [1.82, 2.24) is 5.32 Å². The zero-order valence-corrected chi connectivity index (χ0v) is 15.0. The first-order valence-corrected chi connectivity index (χ1v) is 9.37. The Morgan fingerprint density at radius 2 is 1.83 bits per heavy atom. The second-order valence-electron chi connectivity index (χ2n) is 5.42. The van der Waals surface area contributed by atoms with Gasteiger partial charge in [-0.1, -0.05) is 24.6 Å². The smallest absolute Gasteiger partial charge is 0.261 e. The van der Waals surface area contributed by atoms with Crippen molar-refractivity contribution >= 4 is 33.2 Å². The van der Waals surface area contributed by atoms with E-state index >= 15 is 0 Å². The average Bonchev–Trinajstić information content (AvgIpc) is 2.55. The topological polar surface area (TPSA) is 75.3 Å². The first-order chi connectivity index (χ1) is 11.3. The van der Waals surface area contributed by atoms with E-state index in [1.807, 2.05) is 13.8 Å². The van der Waals surface area contributed by atoms with Crippen LogP contribution in [0.15, 0.2) is 53.4 Å². The van der Waals surface area contributed by atoms with E-state index in [2.05, 4.69) is 10.0 Å². The molecule has 0 radical (unpaired) electrons. The van der Waals surface area contributed by atoms with Crippen LogP contribution in [0.1, 0.15) is 30.6 Å². The summed E-state index contributed by atoms with van der Waals surface area (Å²) >= 11 is 5.77. The molecule has 0 aliphatic heterocycles. The van der Waals surface area contributed by atoms with Gasteiger partial charge >= 0.3 is 0 Å². The number of amides is 1. The second-order valence-corrected chi connectivity index (χ2v) is 7.54. The van der Waals surface area contributed by atoms with E-state index < -0.39 is 10.0 Å². The van der Waals surface area contributed by atoms with Gasteiger partial charge in [-0.25, -0.2) is 8.42 Å². The Balaban J connectivity index is 2.19. The molecule has 2 rings (SSSR count). The summed E-state index contributed by atoms with van der Waals surface area (Å²) in [6.45, 7) is 3.88. The maximum absolute atomic E-state index is 12.4. The molecule has 0 saturated carbocycles. The van der Waals surface area contributed by atoms with Crippen molar-refractivity contribution in [3.63, 3.8) is 0 Å². The van der Waals surface area contributed by atoms with Crippen molar-refractivity contribution in [1.29, 1.82) is 0 Å². The maximum Gasteiger partial charge on any atom is 0.261 e. The molecule has 128 valence electrons. The van der Waals surface area contributed by atoms with E-state index in [0.717, 1.165) is 6.42 Å². The molecule has 0 aliphatic carbocycles. The van der Waals surface area contributed by atoms with Crippen molar-refractivity contribution < 1.29 is 13.2 Å². The summed E-state index contributed by atoms with van der Waals surface area (Å²) in [4.78, 5) is 12.2. The van der Waals surface area contributed by atoms with Gasteiger partial charge in [-0.05, 0) is 55.8 Å². The number of anilines is 1. The molecule has 0 bridgehead atoms. The highest BCUT2D eigenvalue weighted by molar-refractivity contribution is 7.92. The normalized spacial score (nSPS) is 12.5. The Labute approximate surface area is 147 Å². The van der Waals surface area contributed by atoms with Crippen LogP contribution in [0.4, 0.5) is 5.69 Å². The Morgan fingerprint density at radius 1 is 1.17 bits per heavy atom. The van der Waals surface area contributed by atoms with Gasteiger partial charge in [0.25, 0.3) is 15.9 Å². The molecule has 1 amide bonds. The third-order valence-electron chi connectivity index (χ3n) is 3.49. The first-order valence-electron chi connectivity index (χ1n) is 7.51. The molecular weight excluding hydrogens is 348 g/mol. The van der Waals surface area contributed by atoms with Gasteiger partial charge in [0.1, 0.15) is 0 Å². The lowest BCUT2D eigenvalue weighted by Gasteiger charge is -2.13. The highest BCUT2D eigenvalue weighted by Crippen LogP contribution is 2.19. The molecule has 2 aromatic carbocycles. The van der Waals surface area contributed by atoms with Gasteiger partial charge in [0.15, 0.2) is 0 Å². The van der Waals surface area contributed by atoms with Gasteiger partial charge in [-0.2, -0.15) is 0 Å². The van der Waals surface area contributed by atoms with Crippen LogP contribution in [0.5, 0.6) is 0 Å². The molecule has 2 aromatic rings. The van der Waals surface area contributed by atoms with E-state index in [4.69, 9.17) is 11.6 Å². The van der Waals surface area contributed by atoms with Crippen LogP contribution in [-0.2, 0) is 10.0 Å². The number of benzene rings is 2. The zero-order valence-electron chi connectivity index (χ0n) is 13.4. The number of sulfonamides is 1. The lowest BCUT2D eigenvalue weighted by Crippen LogP contribution is -2.31. The molecule has 0 saturated heterocycles. The van der Waals surface area contributed by atoms with Gasteiger partial charge < -0.3 is 5.32 Å². The number of carbonyl (C=O) groups excluding carboxylic acids is 1. The van der Waals surface area contributed by atoms with E-state index in [-0.39, 0.29) is 16.8 Å². The van der Waals surface area contributed by atoms with Crippen molar-refractivity contribution in [2.75, 3.05) is 4.72 Å². The fraction of sp³-hybridized carbons (Fsp3) is 0.235. The lowest BCUT2D eigenvalue weighted by atomic mass is 10.1. The number of nitrogens with one attached hydrogen (secondary N) is 2. The van der Waals surface area contributed by atoms with Crippen LogP contribution in [0.25, 0.3) is 0 Å². The molecular formula is C17H19ClN2O3S. The minimum atomic E-state index is -3.74. The molecule has 5 nitrogen and oxygen atoms in total. The molecule has 0 fully saturated rings. The van der Waals surface area contributed by atoms with Crippen LogP contribution >= 0.6 is 11.6 Å². The quantitative estimate of drug-likeness (QED) is 0.819. The maximum atomic E-state index is 12.4. The van der Waals surface area contributed by atoms with Crippen LogP contribution in [0, 0.1) is 0 Å². The molecule has 0 heterocycles. The van der Waals surface area contributed by atoms with Crippen molar-refractivity contribution in [2.24, 2.45) is 0 Å². The predicted octanol–water partition coefficient (Wildman–Crippen LogP) is 3.67. The molecule has 0 aromatic heterocycles. The minimum Gasteiger partial charge on any atom is -0.350 e. The molecule has 1 atom stereocenters. The Hall–Kier alpha value is -2.05. The zero-order chi connectivity index (χ0) is 17.7. The van der Waals surface area contributed by atoms with E-state index in [0.29, 0.717) is 16.3 Å². The van der Waals surface area contributed by atoms with Crippen LogP contribution in [0.3, 0.4) is 0 Å². The Bertz CT molecular complexity index is 820. The third kappa shape index (κ3) is 4.72. The molecule has 0 spiro atoms. The van der Waals surface area contributed by atoms with Crippen LogP contribution < -0.4 is 10.0 Å². The summed E-state index contributed by atoms with van der Waals surface area (Å²) < 4.78 is 27.2. The lowest BCUT2D eigenvalue weighted by molar-refractivity contribution is 0.0939. The third-order valence-corrected chi connectivity index (χ3v) is 5.14. The van der Waals surface area contributed by atoms with Gasteiger partial charge in [0.05, 0.1) is 4.90 Å². The molecule has 7 heteroatoms. The van der Waals surface area contributed by atoms with Crippen molar-refractivity contribution in [2.45, 2.75) is 31.2 Å². The van der Waals surface area contributed by atoms with Crippen molar-refractivity contribution in [3.05, 3.63) is 59.1 Å². The molecule has 2 N–H and O–H groups in total.